The van der Waals surface area contributed by atoms with E-state index < -0.39 is 17.5 Å². The summed E-state index contributed by atoms with van der Waals surface area (Å²) in [5.41, 5.74) is -1.63. The average Bonchev–Trinajstić information content (AvgIpc) is 3.11. The van der Waals surface area contributed by atoms with Crippen molar-refractivity contribution in [2.45, 2.75) is 18.3 Å². The molecule has 0 saturated carbocycles. The smallest absolute Gasteiger partial charge is 0.222 e. The molecule has 4 rings (SSSR count). The highest BCUT2D eigenvalue weighted by Crippen LogP contribution is 2.37. The third-order valence-electron chi connectivity index (χ3n) is 4.40. The molecule has 1 aromatic carbocycles. The van der Waals surface area contributed by atoms with Gasteiger partial charge in [-0.25, -0.2) is 14.4 Å². The number of rotatable bonds is 2. The van der Waals surface area contributed by atoms with Gasteiger partial charge in [0.1, 0.15) is 6.07 Å². The third kappa shape index (κ3) is 2.93. The zero-order chi connectivity index (χ0) is 19.9. The molecule has 28 heavy (non-hydrogen) atoms. The number of benzene rings is 1. The van der Waals surface area contributed by atoms with E-state index in [1.54, 1.807) is 42.5 Å². The molecule has 0 N–H and O–H groups in total. The molecular weight excluding hydrogens is 374 g/mol. The van der Waals surface area contributed by atoms with Gasteiger partial charge in [-0.1, -0.05) is 36.4 Å². The van der Waals surface area contributed by atoms with Gasteiger partial charge >= 0.3 is 6.18 Å². The second-order valence-electron chi connectivity index (χ2n) is 6.20. The molecule has 0 saturated heterocycles. The molecule has 0 aliphatic heterocycles. The molecule has 1 unspecified atom stereocenters. The molecule has 1 atom stereocenters. The van der Waals surface area contributed by atoms with E-state index in [2.05, 4.69) is 15.1 Å². The van der Waals surface area contributed by atoms with Gasteiger partial charge in [0.05, 0.1) is 18.1 Å². The van der Waals surface area contributed by atoms with E-state index in [-0.39, 0.29) is 17.8 Å². The van der Waals surface area contributed by atoms with Gasteiger partial charge < -0.3 is 0 Å². The highest BCUT2D eigenvalue weighted by Gasteiger charge is 2.36. The van der Waals surface area contributed by atoms with Crippen molar-refractivity contribution < 1.29 is 17.6 Å². The number of fused-ring (bicyclic) bond motifs is 1. The highest BCUT2D eigenvalue weighted by atomic mass is 19.4. The van der Waals surface area contributed by atoms with Crippen molar-refractivity contribution in [2.75, 3.05) is 0 Å². The lowest BCUT2D eigenvalue weighted by Gasteiger charge is -2.22. The first-order valence-electron chi connectivity index (χ1n) is 8.18. The average molecular weight is 385 g/mol. The topological polar surface area (TPSA) is 66.9 Å². The number of nitriles is 1. The van der Waals surface area contributed by atoms with Crippen LogP contribution in [0.5, 0.6) is 0 Å². The summed E-state index contributed by atoms with van der Waals surface area (Å²) in [6.07, 6.45) is 2.08. The van der Waals surface area contributed by atoms with E-state index in [1.807, 2.05) is 0 Å². The fourth-order valence-corrected chi connectivity index (χ4v) is 3.02. The fraction of sp³-hybridized carbons (Fsp3) is 0.158. The van der Waals surface area contributed by atoms with E-state index in [0.29, 0.717) is 23.0 Å². The minimum Gasteiger partial charge on any atom is -0.222 e. The molecule has 140 valence electrons. The number of aromatic nitrogens is 4. The van der Waals surface area contributed by atoms with Gasteiger partial charge in [-0.05, 0) is 11.6 Å². The standard InChI is InChI=1S/C19H11F4N5/c20-18(11-24)7-2-1-6-14(18)12-4-3-5-13(8-12)15-9-25-17-27-16(19(21,22)23)10-26-28(15)17/h1-6,8-10H,7H2. The molecule has 1 aliphatic carbocycles. The first-order valence-corrected chi connectivity index (χ1v) is 8.18. The Morgan fingerprint density at radius 2 is 1.96 bits per heavy atom. The van der Waals surface area contributed by atoms with Crippen LogP contribution < -0.4 is 0 Å². The normalized spacial score (nSPS) is 19.5. The summed E-state index contributed by atoms with van der Waals surface area (Å²) in [5, 5.41) is 13.0. The minimum absolute atomic E-state index is 0.0547. The zero-order valence-electron chi connectivity index (χ0n) is 14.2. The van der Waals surface area contributed by atoms with Crippen molar-refractivity contribution in [3.63, 3.8) is 0 Å². The molecule has 0 spiro atoms. The number of allylic oxidation sites excluding steroid dienone is 4. The van der Waals surface area contributed by atoms with Crippen LogP contribution in [-0.4, -0.2) is 25.3 Å². The highest BCUT2D eigenvalue weighted by molar-refractivity contribution is 5.80. The number of hydrogen-bond acceptors (Lipinski definition) is 4. The van der Waals surface area contributed by atoms with E-state index in [9.17, 15) is 22.8 Å². The summed E-state index contributed by atoms with van der Waals surface area (Å²) >= 11 is 0. The minimum atomic E-state index is -4.62. The van der Waals surface area contributed by atoms with Gasteiger partial charge in [0.15, 0.2) is 5.69 Å². The van der Waals surface area contributed by atoms with Crippen LogP contribution in [0.25, 0.3) is 22.6 Å². The Morgan fingerprint density at radius 1 is 1.18 bits per heavy atom. The van der Waals surface area contributed by atoms with Crippen molar-refractivity contribution in [3.05, 3.63) is 66.1 Å². The van der Waals surface area contributed by atoms with Gasteiger partial charge in [-0.3, -0.25) is 0 Å². The van der Waals surface area contributed by atoms with Crippen LogP contribution in [-0.2, 0) is 6.18 Å². The Hall–Kier alpha value is -3.54. The lowest BCUT2D eigenvalue weighted by Crippen LogP contribution is -2.23. The van der Waals surface area contributed by atoms with Crippen molar-refractivity contribution in [1.82, 2.24) is 19.6 Å². The molecule has 0 amide bonds. The zero-order valence-corrected chi connectivity index (χ0v) is 14.2. The largest absolute Gasteiger partial charge is 0.435 e. The first-order chi connectivity index (χ1) is 13.3. The van der Waals surface area contributed by atoms with Crippen LogP contribution in [0.3, 0.4) is 0 Å². The molecule has 5 nitrogen and oxygen atoms in total. The second-order valence-corrected chi connectivity index (χ2v) is 6.20. The Balaban J connectivity index is 1.80. The second kappa shape index (κ2) is 6.27. The van der Waals surface area contributed by atoms with E-state index in [0.717, 1.165) is 0 Å². The Labute approximate surface area is 156 Å². The number of halogens is 4. The molecule has 3 aromatic rings. The van der Waals surface area contributed by atoms with Crippen LogP contribution in [0.1, 0.15) is 17.7 Å². The molecule has 0 radical (unpaired) electrons. The molecule has 0 bridgehead atoms. The van der Waals surface area contributed by atoms with E-state index >= 15 is 0 Å². The lowest BCUT2D eigenvalue weighted by molar-refractivity contribution is -0.141. The fourth-order valence-electron chi connectivity index (χ4n) is 3.02. The van der Waals surface area contributed by atoms with Gasteiger partial charge in [-0.2, -0.15) is 28.0 Å². The van der Waals surface area contributed by atoms with Crippen LogP contribution in [0.2, 0.25) is 0 Å². The van der Waals surface area contributed by atoms with Crippen LogP contribution in [0, 0.1) is 11.3 Å². The molecule has 2 heterocycles. The van der Waals surface area contributed by atoms with Gasteiger partial charge in [-0.15, -0.1) is 0 Å². The maximum atomic E-state index is 14.9. The molecule has 2 aromatic heterocycles. The van der Waals surface area contributed by atoms with Crippen molar-refractivity contribution in [1.29, 1.82) is 5.26 Å². The summed E-state index contributed by atoms with van der Waals surface area (Å²) < 4.78 is 54.5. The van der Waals surface area contributed by atoms with Crippen molar-refractivity contribution >= 4 is 11.4 Å². The number of alkyl halides is 4. The van der Waals surface area contributed by atoms with E-state index in [4.69, 9.17) is 0 Å². The van der Waals surface area contributed by atoms with Crippen LogP contribution in [0.15, 0.2) is 54.9 Å². The van der Waals surface area contributed by atoms with Gasteiger partial charge in [0.2, 0.25) is 5.67 Å². The van der Waals surface area contributed by atoms with Crippen molar-refractivity contribution in [3.8, 4) is 17.3 Å². The SMILES string of the molecule is N#CC1(F)CC=CC=C1c1cccc(-c2cnc3nc(C(F)(F)F)cnn23)c1. The molecule has 0 fully saturated rings. The maximum Gasteiger partial charge on any atom is 0.435 e. The summed E-state index contributed by atoms with van der Waals surface area (Å²) in [6.45, 7) is 0. The summed E-state index contributed by atoms with van der Waals surface area (Å²) in [6, 6.07) is 8.36. The Bertz CT molecular complexity index is 1170. The Kier molecular flexibility index (Phi) is 4.00. The van der Waals surface area contributed by atoms with Gasteiger partial charge in [0, 0.05) is 17.6 Å². The number of imidazole rings is 1. The van der Waals surface area contributed by atoms with Crippen molar-refractivity contribution in [2.24, 2.45) is 0 Å². The third-order valence-corrected chi connectivity index (χ3v) is 4.40. The lowest BCUT2D eigenvalue weighted by atomic mass is 9.84. The maximum absolute atomic E-state index is 14.9. The predicted octanol–water partition coefficient (Wildman–Crippen LogP) is 4.39. The van der Waals surface area contributed by atoms with Gasteiger partial charge in [0.25, 0.3) is 5.78 Å². The first kappa shape index (κ1) is 17.9. The Morgan fingerprint density at radius 3 is 2.71 bits per heavy atom. The molecule has 9 heteroatoms. The predicted molar refractivity (Wildman–Crippen MR) is 92.4 cm³/mol. The van der Waals surface area contributed by atoms with Crippen LogP contribution >= 0.6 is 0 Å². The van der Waals surface area contributed by atoms with E-state index in [1.165, 1.54) is 16.8 Å². The summed E-state index contributed by atoms with van der Waals surface area (Å²) in [5.74, 6) is -0.202. The summed E-state index contributed by atoms with van der Waals surface area (Å²) in [4.78, 5) is 7.38. The molecular formula is C19H11F4N5. The quantitative estimate of drug-likeness (QED) is 0.614. The summed E-state index contributed by atoms with van der Waals surface area (Å²) in [7, 11) is 0. The van der Waals surface area contributed by atoms with Crippen LogP contribution in [0.4, 0.5) is 17.6 Å². The number of nitrogens with zero attached hydrogens (tertiary/aromatic N) is 5. The number of hydrogen-bond donors (Lipinski definition) is 0. The molecule has 1 aliphatic rings. The monoisotopic (exact) mass is 385 g/mol.